The number of hydrogen-bond donors (Lipinski definition) is 1. The largest absolute Gasteiger partial charge is 0.317 e. The Bertz CT molecular complexity index is 92.9. The summed E-state index contributed by atoms with van der Waals surface area (Å²) in [6.07, 6.45) is 7.32. The van der Waals surface area contributed by atoms with Crippen LogP contribution in [0.4, 0.5) is 0 Å². The summed E-state index contributed by atoms with van der Waals surface area (Å²) in [6.45, 7) is 6.18. The minimum absolute atomic E-state index is 0.972. The van der Waals surface area contributed by atoms with Gasteiger partial charge in [0, 0.05) is 0 Å². The van der Waals surface area contributed by atoms with Crippen molar-refractivity contribution in [1.29, 1.82) is 0 Å². The lowest BCUT2D eigenvalue weighted by Crippen LogP contribution is -2.27. The normalized spacial score (nSPS) is 20.8. The highest BCUT2D eigenvalue weighted by molar-refractivity contribution is 4.73. The SMILES string of the molecule is C=CCCC1CCNCC1. The standard InChI is InChI=1S/C9H17N/c1-2-3-4-9-5-7-10-8-6-9/h2,9-10H,1,3-8H2. The van der Waals surface area contributed by atoms with E-state index in [2.05, 4.69) is 11.9 Å². The first-order valence-electron chi connectivity index (χ1n) is 4.25. The van der Waals surface area contributed by atoms with E-state index < -0.39 is 0 Å². The molecule has 0 aliphatic carbocycles. The molecule has 58 valence electrons. The van der Waals surface area contributed by atoms with Gasteiger partial charge in [-0.05, 0) is 44.7 Å². The molecule has 1 saturated heterocycles. The Morgan fingerprint density at radius 2 is 2.10 bits per heavy atom. The third-order valence-electron chi connectivity index (χ3n) is 2.24. The van der Waals surface area contributed by atoms with Crippen molar-refractivity contribution in [2.75, 3.05) is 13.1 Å². The first-order valence-corrected chi connectivity index (χ1v) is 4.25. The van der Waals surface area contributed by atoms with Gasteiger partial charge in [0.1, 0.15) is 0 Å². The highest BCUT2D eigenvalue weighted by Gasteiger charge is 2.10. The zero-order chi connectivity index (χ0) is 7.23. The Balaban J connectivity index is 2.07. The summed E-state index contributed by atoms with van der Waals surface area (Å²) in [6, 6.07) is 0. The van der Waals surface area contributed by atoms with Crippen LogP contribution < -0.4 is 5.32 Å². The molecular weight excluding hydrogens is 122 g/mol. The fourth-order valence-electron chi connectivity index (χ4n) is 1.52. The topological polar surface area (TPSA) is 12.0 Å². The molecule has 0 radical (unpaired) electrons. The van der Waals surface area contributed by atoms with Crippen molar-refractivity contribution in [1.82, 2.24) is 5.32 Å². The number of allylic oxidation sites excluding steroid dienone is 1. The van der Waals surface area contributed by atoms with E-state index in [-0.39, 0.29) is 0 Å². The van der Waals surface area contributed by atoms with Gasteiger partial charge in [-0.1, -0.05) is 6.08 Å². The predicted octanol–water partition coefficient (Wildman–Crippen LogP) is 1.95. The van der Waals surface area contributed by atoms with Gasteiger partial charge < -0.3 is 5.32 Å². The van der Waals surface area contributed by atoms with E-state index in [1.54, 1.807) is 0 Å². The quantitative estimate of drug-likeness (QED) is 0.589. The lowest BCUT2D eigenvalue weighted by molar-refractivity contribution is 0.356. The maximum absolute atomic E-state index is 3.73. The Kier molecular flexibility index (Phi) is 3.52. The van der Waals surface area contributed by atoms with Crippen molar-refractivity contribution < 1.29 is 0 Å². The van der Waals surface area contributed by atoms with E-state index in [0.29, 0.717) is 0 Å². The number of nitrogens with one attached hydrogen (secondary N) is 1. The Morgan fingerprint density at radius 1 is 1.40 bits per heavy atom. The van der Waals surface area contributed by atoms with Crippen LogP contribution in [-0.2, 0) is 0 Å². The molecule has 0 aromatic carbocycles. The van der Waals surface area contributed by atoms with Gasteiger partial charge in [0.05, 0.1) is 0 Å². The summed E-state index contributed by atoms with van der Waals surface area (Å²) in [7, 11) is 0. The second-order valence-corrected chi connectivity index (χ2v) is 3.06. The fourth-order valence-corrected chi connectivity index (χ4v) is 1.52. The average Bonchev–Trinajstić information content (AvgIpc) is 2.03. The molecule has 10 heavy (non-hydrogen) atoms. The summed E-state index contributed by atoms with van der Waals surface area (Å²) in [5.74, 6) is 0.972. The van der Waals surface area contributed by atoms with E-state index in [4.69, 9.17) is 0 Å². The van der Waals surface area contributed by atoms with Crippen LogP contribution in [0.15, 0.2) is 12.7 Å². The van der Waals surface area contributed by atoms with Gasteiger partial charge in [0.25, 0.3) is 0 Å². The van der Waals surface area contributed by atoms with Crippen molar-refractivity contribution in [3.05, 3.63) is 12.7 Å². The molecule has 0 saturated carbocycles. The molecule has 0 unspecified atom stereocenters. The molecular formula is C9H17N. The highest BCUT2D eigenvalue weighted by atomic mass is 14.9. The van der Waals surface area contributed by atoms with Gasteiger partial charge in [-0.25, -0.2) is 0 Å². The van der Waals surface area contributed by atoms with Crippen molar-refractivity contribution in [2.45, 2.75) is 25.7 Å². The van der Waals surface area contributed by atoms with E-state index in [9.17, 15) is 0 Å². The lowest BCUT2D eigenvalue weighted by Gasteiger charge is -2.21. The summed E-state index contributed by atoms with van der Waals surface area (Å²) in [5.41, 5.74) is 0. The summed E-state index contributed by atoms with van der Waals surface area (Å²) in [4.78, 5) is 0. The number of piperidine rings is 1. The van der Waals surface area contributed by atoms with E-state index in [1.807, 2.05) is 6.08 Å². The number of rotatable bonds is 3. The van der Waals surface area contributed by atoms with E-state index in [1.165, 1.54) is 38.8 Å². The van der Waals surface area contributed by atoms with Crippen molar-refractivity contribution in [3.63, 3.8) is 0 Å². The molecule has 0 spiro atoms. The highest BCUT2D eigenvalue weighted by Crippen LogP contribution is 2.17. The molecule has 1 fully saturated rings. The molecule has 1 aliphatic rings. The van der Waals surface area contributed by atoms with Crippen molar-refractivity contribution >= 4 is 0 Å². The van der Waals surface area contributed by atoms with Crippen molar-refractivity contribution in [3.8, 4) is 0 Å². The van der Waals surface area contributed by atoms with Crippen LogP contribution >= 0.6 is 0 Å². The van der Waals surface area contributed by atoms with Gasteiger partial charge in [-0.15, -0.1) is 6.58 Å². The Hall–Kier alpha value is -0.300. The molecule has 0 aromatic rings. The Labute approximate surface area is 63.5 Å². The molecule has 1 heteroatoms. The van der Waals surface area contributed by atoms with Gasteiger partial charge in [0.15, 0.2) is 0 Å². The molecule has 0 aromatic heterocycles. The van der Waals surface area contributed by atoms with Gasteiger partial charge in [-0.3, -0.25) is 0 Å². The van der Waals surface area contributed by atoms with E-state index in [0.717, 1.165) is 5.92 Å². The molecule has 1 aliphatic heterocycles. The fraction of sp³-hybridized carbons (Fsp3) is 0.778. The summed E-state index contributed by atoms with van der Waals surface area (Å²) < 4.78 is 0. The summed E-state index contributed by atoms with van der Waals surface area (Å²) in [5, 5.41) is 3.37. The zero-order valence-electron chi connectivity index (χ0n) is 6.60. The van der Waals surface area contributed by atoms with Crippen LogP contribution in [0.1, 0.15) is 25.7 Å². The molecule has 1 rings (SSSR count). The molecule has 1 heterocycles. The third kappa shape index (κ3) is 2.53. The predicted molar refractivity (Wildman–Crippen MR) is 45.0 cm³/mol. The van der Waals surface area contributed by atoms with Crippen LogP contribution in [0.25, 0.3) is 0 Å². The van der Waals surface area contributed by atoms with Crippen LogP contribution in [0, 0.1) is 5.92 Å². The maximum Gasteiger partial charge on any atom is -0.00463 e. The second-order valence-electron chi connectivity index (χ2n) is 3.06. The molecule has 1 nitrogen and oxygen atoms in total. The van der Waals surface area contributed by atoms with Gasteiger partial charge >= 0.3 is 0 Å². The molecule has 1 N–H and O–H groups in total. The average molecular weight is 139 g/mol. The monoisotopic (exact) mass is 139 g/mol. The van der Waals surface area contributed by atoms with E-state index >= 15 is 0 Å². The first kappa shape index (κ1) is 7.80. The molecule has 0 atom stereocenters. The molecule has 0 bridgehead atoms. The van der Waals surface area contributed by atoms with Gasteiger partial charge in [0.2, 0.25) is 0 Å². The van der Waals surface area contributed by atoms with Crippen LogP contribution in [-0.4, -0.2) is 13.1 Å². The zero-order valence-corrected chi connectivity index (χ0v) is 6.60. The lowest BCUT2D eigenvalue weighted by atomic mass is 9.93. The van der Waals surface area contributed by atoms with Gasteiger partial charge in [-0.2, -0.15) is 0 Å². The molecule has 0 amide bonds. The third-order valence-corrected chi connectivity index (χ3v) is 2.24. The van der Waals surface area contributed by atoms with Crippen molar-refractivity contribution in [2.24, 2.45) is 5.92 Å². The minimum atomic E-state index is 0.972. The maximum atomic E-state index is 3.73. The van der Waals surface area contributed by atoms with Crippen LogP contribution in [0.3, 0.4) is 0 Å². The second kappa shape index (κ2) is 4.51. The Morgan fingerprint density at radius 3 is 2.70 bits per heavy atom. The first-order chi connectivity index (χ1) is 4.93. The van der Waals surface area contributed by atoms with Crippen LogP contribution in [0.5, 0.6) is 0 Å². The summed E-state index contributed by atoms with van der Waals surface area (Å²) >= 11 is 0. The minimum Gasteiger partial charge on any atom is -0.317 e. The van der Waals surface area contributed by atoms with Crippen LogP contribution in [0.2, 0.25) is 0 Å². The number of hydrogen-bond acceptors (Lipinski definition) is 1. The smallest absolute Gasteiger partial charge is 0.00463 e.